The van der Waals surface area contributed by atoms with Crippen LogP contribution in [0.25, 0.3) is 0 Å². The number of benzene rings is 1. The lowest BCUT2D eigenvalue weighted by atomic mass is 10.0. The first-order valence-corrected chi connectivity index (χ1v) is 6.23. The average molecular weight is 231 g/mol. The van der Waals surface area contributed by atoms with Gasteiger partial charge in [-0.15, -0.1) is 0 Å². The highest BCUT2D eigenvalue weighted by molar-refractivity contribution is 5.62. The van der Waals surface area contributed by atoms with Crippen LogP contribution in [0.15, 0.2) is 30.0 Å². The number of hydrogen-bond donors (Lipinski definition) is 2. The van der Waals surface area contributed by atoms with Gasteiger partial charge in [-0.25, -0.2) is 0 Å². The van der Waals surface area contributed by atoms with Crippen molar-refractivity contribution in [2.75, 3.05) is 18.5 Å². The first-order chi connectivity index (χ1) is 8.36. The van der Waals surface area contributed by atoms with Gasteiger partial charge < -0.3 is 15.2 Å². The summed E-state index contributed by atoms with van der Waals surface area (Å²) in [6.07, 6.45) is 4.45. The third-order valence-corrected chi connectivity index (χ3v) is 3.41. The molecule has 0 aliphatic carbocycles. The van der Waals surface area contributed by atoms with E-state index in [0.717, 1.165) is 37.1 Å². The summed E-state index contributed by atoms with van der Waals surface area (Å²) in [5, 5.41) is 13.7. The van der Waals surface area contributed by atoms with Gasteiger partial charge in [0.2, 0.25) is 0 Å². The second kappa shape index (κ2) is 4.41. The Bertz CT molecular complexity index is 454. The van der Waals surface area contributed by atoms with Gasteiger partial charge in [0.1, 0.15) is 11.9 Å². The Morgan fingerprint density at radius 2 is 2.29 bits per heavy atom. The molecule has 0 radical (unpaired) electrons. The predicted octanol–water partition coefficient (Wildman–Crippen LogP) is 2.38. The fraction of sp³-hybridized carbons (Fsp3) is 0.429. The molecule has 1 aromatic rings. The molecule has 0 spiro atoms. The van der Waals surface area contributed by atoms with Crippen LogP contribution in [0.2, 0.25) is 0 Å². The molecule has 3 nitrogen and oxygen atoms in total. The van der Waals surface area contributed by atoms with E-state index in [1.54, 1.807) is 0 Å². The van der Waals surface area contributed by atoms with Crippen LogP contribution in [0, 0.1) is 0 Å². The highest BCUT2D eigenvalue weighted by Gasteiger charge is 2.23. The van der Waals surface area contributed by atoms with Gasteiger partial charge in [0.05, 0.1) is 6.61 Å². The Balaban J connectivity index is 1.93. The number of anilines is 1. The van der Waals surface area contributed by atoms with Crippen LogP contribution in [0.4, 0.5) is 5.69 Å². The third-order valence-electron chi connectivity index (χ3n) is 3.41. The molecule has 17 heavy (non-hydrogen) atoms. The van der Waals surface area contributed by atoms with E-state index >= 15 is 0 Å². The van der Waals surface area contributed by atoms with Crippen LogP contribution in [-0.2, 0) is 11.2 Å². The Hall–Kier alpha value is -1.48. The number of nitrogens with one attached hydrogen (secondary N) is 1. The van der Waals surface area contributed by atoms with Gasteiger partial charge in [0.15, 0.2) is 0 Å². The normalized spacial score (nSPS) is 19.9. The number of ether oxygens (including phenoxy) is 1. The minimum absolute atomic E-state index is 0.629. The molecule has 90 valence electrons. The summed E-state index contributed by atoms with van der Waals surface area (Å²) in [6.45, 7) is 1.67. The summed E-state index contributed by atoms with van der Waals surface area (Å²) in [5.74, 6) is 0.707. The van der Waals surface area contributed by atoms with E-state index in [1.165, 1.54) is 5.56 Å². The smallest absolute Gasteiger partial charge is 0.138 e. The first-order valence-electron chi connectivity index (χ1n) is 6.23. The highest BCUT2D eigenvalue weighted by Crippen LogP contribution is 2.35. The quantitative estimate of drug-likeness (QED) is 0.821. The van der Waals surface area contributed by atoms with Crippen molar-refractivity contribution >= 4 is 5.69 Å². The topological polar surface area (TPSA) is 41.5 Å². The van der Waals surface area contributed by atoms with Gasteiger partial charge >= 0.3 is 0 Å². The molecule has 1 aromatic carbocycles. The summed E-state index contributed by atoms with van der Waals surface area (Å²) in [6, 6.07) is 6.09. The number of aliphatic hydroxyl groups excluding tert-OH is 1. The van der Waals surface area contributed by atoms with E-state index in [4.69, 9.17) is 4.74 Å². The Labute approximate surface area is 101 Å². The van der Waals surface area contributed by atoms with Crippen molar-refractivity contribution in [3.05, 3.63) is 41.2 Å². The lowest BCUT2D eigenvalue weighted by Crippen LogP contribution is -2.11. The Morgan fingerprint density at radius 1 is 1.35 bits per heavy atom. The minimum Gasteiger partial charge on any atom is -0.495 e. The average Bonchev–Trinajstić information content (AvgIpc) is 2.87. The number of rotatable bonds is 2. The van der Waals surface area contributed by atoms with Gasteiger partial charge in [-0.1, -0.05) is 18.2 Å². The molecule has 2 aliphatic rings. The molecule has 1 unspecified atom stereocenters. The van der Waals surface area contributed by atoms with Crippen molar-refractivity contribution < 1.29 is 9.84 Å². The zero-order chi connectivity index (χ0) is 11.7. The predicted molar refractivity (Wildman–Crippen MR) is 66.9 cm³/mol. The van der Waals surface area contributed by atoms with E-state index in [2.05, 4.69) is 11.4 Å². The van der Waals surface area contributed by atoms with Crippen LogP contribution in [-0.4, -0.2) is 18.3 Å². The van der Waals surface area contributed by atoms with Crippen LogP contribution >= 0.6 is 0 Å². The van der Waals surface area contributed by atoms with Gasteiger partial charge in [0, 0.05) is 17.8 Å². The second-order valence-electron chi connectivity index (χ2n) is 4.56. The molecule has 0 amide bonds. The van der Waals surface area contributed by atoms with E-state index in [1.807, 2.05) is 18.2 Å². The monoisotopic (exact) mass is 231 g/mol. The van der Waals surface area contributed by atoms with Crippen molar-refractivity contribution in [2.24, 2.45) is 0 Å². The molecule has 3 heteroatoms. The maximum absolute atomic E-state index is 10.4. The number of allylic oxidation sites excluding steroid dienone is 1. The molecular formula is C14H17NO2. The Morgan fingerprint density at radius 3 is 3.12 bits per heavy atom. The van der Waals surface area contributed by atoms with E-state index < -0.39 is 6.10 Å². The molecule has 0 saturated carbocycles. The number of hydrogen-bond acceptors (Lipinski definition) is 3. The largest absolute Gasteiger partial charge is 0.495 e. The summed E-state index contributed by atoms with van der Waals surface area (Å²) >= 11 is 0. The molecule has 1 atom stereocenters. The van der Waals surface area contributed by atoms with Crippen molar-refractivity contribution in [3.63, 3.8) is 0 Å². The SMILES string of the molecule is OC(C1=CCCCO1)c1cccc2c1NCC2. The van der Waals surface area contributed by atoms with Crippen molar-refractivity contribution in [3.8, 4) is 0 Å². The molecule has 0 bridgehead atoms. The van der Waals surface area contributed by atoms with Crippen molar-refractivity contribution in [2.45, 2.75) is 25.4 Å². The lowest BCUT2D eigenvalue weighted by molar-refractivity contribution is 0.0921. The fourth-order valence-electron chi connectivity index (χ4n) is 2.51. The van der Waals surface area contributed by atoms with Crippen LogP contribution in [0.5, 0.6) is 0 Å². The van der Waals surface area contributed by atoms with Gasteiger partial charge in [-0.05, 0) is 30.9 Å². The van der Waals surface area contributed by atoms with Gasteiger partial charge in [-0.2, -0.15) is 0 Å². The molecule has 2 N–H and O–H groups in total. The number of aliphatic hydroxyl groups is 1. The van der Waals surface area contributed by atoms with Crippen molar-refractivity contribution in [1.82, 2.24) is 0 Å². The molecule has 0 aromatic heterocycles. The van der Waals surface area contributed by atoms with Crippen molar-refractivity contribution in [1.29, 1.82) is 0 Å². The second-order valence-corrected chi connectivity index (χ2v) is 4.56. The molecule has 2 heterocycles. The standard InChI is InChI=1S/C14H17NO2/c16-14(12-6-1-2-9-17-12)11-5-3-4-10-7-8-15-13(10)11/h3-6,14-16H,1-2,7-9H2. The lowest BCUT2D eigenvalue weighted by Gasteiger charge is -2.21. The van der Waals surface area contributed by atoms with E-state index in [9.17, 15) is 5.11 Å². The van der Waals surface area contributed by atoms with Crippen LogP contribution in [0.3, 0.4) is 0 Å². The summed E-state index contributed by atoms with van der Waals surface area (Å²) < 4.78 is 5.54. The molecular weight excluding hydrogens is 214 g/mol. The zero-order valence-electron chi connectivity index (χ0n) is 9.78. The first kappa shape index (κ1) is 10.7. The van der Waals surface area contributed by atoms with E-state index in [-0.39, 0.29) is 0 Å². The van der Waals surface area contributed by atoms with Gasteiger partial charge in [-0.3, -0.25) is 0 Å². The van der Waals surface area contributed by atoms with Crippen LogP contribution < -0.4 is 5.32 Å². The van der Waals surface area contributed by atoms with E-state index in [0.29, 0.717) is 12.4 Å². The molecule has 0 fully saturated rings. The Kier molecular flexibility index (Phi) is 2.77. The van der Waals surface area contributed by atoms with Gasteiger partial charge in [0.25, 0.3) is 0 Å². The summed E-state index contributed by atoms with van der Waals surface area (Å²) in [5.41, 5.74) is 3.32. The molecule has 0 saturated heterocycles. The highest BCUT2D eigenvalue weighted by atomic mass is 16.5. The number of fused-ring (bicyclic) bond motifs is 1. The maximum Gasteiger partial charge on any atom is 0.138 e. The zero-order valence-corrected chi connectivity index (χ0v) is 9.78. The molecule has 3 rings (SSSR count). The fourth-order valence-corrected chi connectivity index (χ4v) is 2.51. The molecule has 2 aliphatic heterocycles. The third kappa shape index (κ3) is 1.91. The summed E-state index contributed by atoms with van der Waals surface area (Å²) in [7, 11) is 0. The summed E-state index contributed by atoms with van der Waals surface area (Å²) in [4.78, 5) is 0. The maximum atomic E-state index is 10.4. The minimum atomic E-state index is -0.629. The number of para-hydroxylation sites is 1. The van der Waals surface area contributed by atoms with Crippen LogP contribution in [0.1, 0.15) is 30.1 Å².